The van der Waals surface area contributed by atoms with E-state index < -0.39 is 10.1 Å². The highest BCUT2D eigenvalue weighted by Gasteiger charge is 2.22. The fraction of sp³-hybridized carbons (Fsp3) is 0.444. The summed E-state index contributed by atoms with van der Waals surface area (Å²) in [4.78, 5) is 0.0928. The Hall–Kier alpha value is -1.83. The first kappa shape index (κ1) is 19.5. The van der Waals surface area contributed by atoms with Gasteiger partial charge in [-0.05, 0) is 42.8 Å². The quantitative estimate of drug-likeness (QED) is 0.493. The molecule has 1 aliphatic carbocycles. The smallest absolute Gasteiger partial charge is 0.296 e. The van der Waals surface area contributed by atoms with Gasteiger partial charge in [-0.15, -0.1) is 0 Å². The molecule has 0 amide bonds. The minimum absolute atomic E-state index is 0.0163. The van der Waals surface area contributed by atoms with Crippen LogP contribution in [-0.2, 0) is 23.8 Å². The second kappa shape index (κ2) is 8.51. The van der Waals surface area contributed by atoms with Gasteiger partial charge in [0, 0.05) is 12.5 Å². The highest BCUT2D eigenvalue weighted by molar-refractivity contribution is 7.86. The molecule has 138 valence electrons. The molecular formula is C18H24O6S. The number of rotatable bonds is 9. The summed E-state index contributed by atoms with van der Waals surface area (Å²) in [6.45, 7) is 3.56. The van der Waals surface area contributed by atoms with Crippen molar-refractivity contribution < 1.29 is 26.8 Å². The third kappa shape index (κ3) is 5.59. The Morgan fingerprint density at radius 2 is 1.76 bits per heavy atom. The first-order valence-corrected chi connectivity index (χ1v) is 9.34. The molecular weight excluding hydrogens is 344 g/mol. The molecule has 0 saturated carbocycles. The normalized spacial score (nSPS) is 20.2. The van der Waals surface area contributed by atoms with Crippen molar-refractivity contribution in [2.45, 2.75) is 18.2 Å². The van der Waals surface area contributed by atoms with Crippen molar-refractivity contribution in [2.75, 3.05) is 34.0 Å². The molecule has 0 spiro atoms. The molecule has 0 saturated heterocycles. The maximum Gasteiger partial charge on any atom is 0.296 e. The fourth-order valence-electron chi connectivity index (χ4n) is 2.41. The molecule has 0 bridgehead atoms. The van der Waals surface area contributed by atoms with E-state index in [9.17, 15) is 8.42 Å². The molecule has 0 aliphatic heterocycles. The zero-order chi connectivity index (χ0) is 18.3. The van der Waals surface area contributed by atoms with E-state index in [2.05, 4.69) is 17.2 Å². The summed E-state index contributed by atoms with van der Waals surface area (Å²) in [6, 6.07) is 6.06. The average Bonchev–Trinajstić information content (AvgIpc) is 2.61. The van der Waals surface area contributed by atoms with Gasteiger partial charge in [0.05, 0.1) is 18.6 Å². The molecule has 0 aromatic heterocycles. The number of allylic oxidation sites excluding steroid dienone is 2. The Bertz CT molecular complexity index is 720. The van der Waals surface area contributed by atoms with E-state index in [-0.39, 0.29) is 10.3 Å². The van der Waals surface area contributed by atoms with Crippen LogP contribution in [0.1, 0.15) is 13.3 Å². The van der Waals surface area contributed by atoms with Gasteiger partial charge >= 0.3 is 0 Å². The third-order valence-electron chi connectivity index (χ3n) is 3.85. The second-order valence-corrected chi connectivity index (χ2v) is 7.73. The lowest BCUT2D eigenvalue weighted by atomic mass is 9.84. The molecule has 2 rings (SSSR count). The SMILES string of the molecule is COCC1(C)C=CC(OCCOc2ccc(S(=O)(=O)OC)cc2)=CC1. The second-order valence-electron chi connectivity index (χ2n) is 6.02. The van der Waals surface area contributed by atoms with Crippen LogP contribution < -0.4 is 4.74 Å². The van der Waals surface area contributed by atoms with E-state index in [1.54, 1.807) is 19.2 Å². The number of benzene rings is 1. The third-order valence-corrected chi connectivity index (χ3v) is 5.13. The van der Waals surface area contributed by atoms with E-state index in [0.29, 0.717) is 25.6 Å². The predicted octanol–water partition coefficient (Wildman–Crippen LogP) is 2.91. The minimum Gasteiger partial charge on any atom is -0.490 e. The monoisotopic (exact) mass is 368 g/mol. The molecule has 1 unspecified atom stereocenters. The van der Waals surface area contributed by atoms with Crippen LogP contribution in [0, 0.1) is 5.41 Å². The van der Waals surface area contributed by atoms with Crippen LogP contribution in [0.25, 0.3) is 0 Å². The highest BCUT2D eigenvalue weighted by atomic mass is 32.2. The van der Waals surface area contributed by atoms with Crippen LogP contribution in [0.2, 0.25) is 0 Å². The lowest BCUT2D eigenvalue weighted by Crippen LogP contribution is -2.21. The van der Waals surface area contributed by atoms with Gasteiger partial charge in [-0.1, -0.05) is 13.0 Å². The zero-order valence-electron chi connectivity index (χ0n) is 14.7. The van der Waals surface area contributed by atoms with Crippen LogP contribution >= 0.6 is 0 Å². The van der Waals surface area contributed by atoms with Crippen molar-refractivity contribution in [3.63, 3.8) is 0 Å². The summed E-state index contributed by atoms with van der Waals surface area (Å²) in [7, 11) is -0.847. The Kier molecular flexibility index (Phi) is 6.64. The summed E-state index contributed by atoms with van der Waals surface area (Å²) in [6.07, 6.45) is 6.96. The van der Waals surface area contributed by atoms with Crippen molar-refractivity contribution in [1.29, 1.82) is 0 Å². The summed E-state index contributed by atoms with van der Waals surface area (Å²) in [5.74, 6) is 1.39. The van der Waals surface area contributed by atoms with Crippen molar-refractivity contribution >= 4 is 10.1 Å². The van der Waals surface area contributed by atoms with E-state index in [1.807, 2.05) is 12.2 Å². The average molecular weight is 368 g/mol. The van der Waals surface area contributed by atoms with Crippen LogP contribution in [0.4, 0.5) is 0 Å². The number of hydrogen-bond donors (Lipinski definition) is 0. The van der Waals surface area contributed by atoms with Gasteiger partial charge in [-0.25, -0.2) is 0 Å². The van der Waals surface area contributed by atoms with E-state index in [1.165, 1.54) is 12.1 Å². The molecule has 1 aromatic carbocycles. The van der Waals surface area contributed by atoms with Crippen LogP contribution in [-0.4, -0.2) is 42.5 Å². The van der Waals surface area contributed by atoms with Crippen LogP contribution in [0.3, 0.4) is 0 Å². The topological polar surface area (TPSA) is 71.1 Å². The van der Waals surface area contributed by atoms with Gasteiger partial charge in [-0.2, -0.15) is 8.42 Å². The molecule has 0 radical (unpaired) electrons. The molecule has 0 heterocycles. The maximum atomic E-state index is 11.5. The van der Waals surface area contributed by atoms with Gasteiger partial charge < -0.3 is 14.2 Å². The van der Waals surface area contributed by atoms with Crippen LogP contribution in [0.5, 0.6) is 5.75 Å². The standard InChI is InChI=1S/C18H24O6S/c1-18(14-21-2)10-8-16(9-11-18)24-13-12-23-15-4-6-17(7-5-15)25(19,20)22-3/h4-10H,11-14H2,1-3H3. The molecule has 1 aromatic rings. The number of methoxy groups -OCH3 is 1. The van der Waals surface area contributed by atoms with Gasteiger partial charge in [0.2, 0.25) is 0 Å². The fourth-order valence-corrected chi connectivity index (χ4v) is 3.08. The lowest BCUT2D eigenvalue weighted by molar-refractivity contribution is 0.118. The Labute approximate surface area is 149 Å². The van der Waals surface area contributed by atoms with Gasteiger partial charge in [0.1, 0.15) is 24.7 Å². The molecule has 0 N–H and O–H groups in total. The van der Waals surface area contributed by atoms with E-state index in [4.69, 9.17) is 14.2 Å². The molecule has 25 heavy (non-hydrogen) atoms. The van der Waals surface area contributed by atoms with Gasteiger partial charge in [-0.3, -0.25) is 4.18 Å². The number of ether oxygens (including phenoxy) is 3. The lowest BCUT2D eigenvalue weighted by Gasteiger charge is -2.26. The summed E-state index contributed by atoms with van der Waals surface area (Å²) in [5, 5.41) is 0. The molecule has 7 heteroatoms. The van der Waals surface area contributed by atoms with Crippen molar-refractivity contribution in [2.24, 2.45) is 5.41 Å². The molecule has 0 fully saturated rings. The Balaban J connectivity index is 1.75. The minimum atomic E-state index is -3.67. The van der Waals surface area contributed by atoms with Crippen molar-refractivity contribution in [3.8, 4) is 5.75 Å². The summed E-state index contributed by atoms with van der Waals surface area (Å²) >= 11 is 0. The number of hydrogen-bond acceptors (Lipinski definition) is 6. The highest BCUT2D eigenvalue weighted by Crippen LogP contribution is 2.29. The van der Waals surface area contributed by atoms with Gasteiger partial charge in [0.15, 0.2) is 0 Å². The molecule has 1 atom stereocenters. The van der Waals surface area contributed by atoms with Crippen molar-refractivity contribution in [1.82, 2.24) is 0 Å². The zero-order valence-corrected chi connectivity index (χ0v) is 15.5. The van der Waals surface area contributed by atoms with Crippen molar-refractivity contribution in [3.05, 3.63) is 48.3 Å². The summed E-state index contributed by atoms with van der Waals surface area (Å²) in [5.41, 5.74) is 0.0163. The van der Waals surface area contributed by atoms with Crippen LogP contribution in [0.15, 0.2) is 53.1 Å². The van der Waals surface area contributed by atoms with E-state index in [0.717, 1.165) is 19.3 Å². The first-order valence-electron chi connectivity index (χ1n) is 7.93. The van der Waals surface area contributed by atoms with E-state index >= 15 is 0 Å². The Morgan fingerprint density at radius 1 is 1.08 bits per heavy atom. The Morgan fingerprint density at radius 3 is 2.32 bits per heavy atom. The molecule has 6 nitrogen and oxygen atoms in total. The summed E-state index contributed by atoms with van der Waals surface area (Å²) < 4.78 is 43.9. The predicted molar refractivity (Wildman–Crippen MR) is 93.9 cm³/mol. The first-order chi connectivity index (χ1) is 11.9. The maximum absolute atomic E-state index is 11.5. The van der Waals surface area contributed by atoms with Gasteiger partial charge in [0.25, 0.3) is 10.1 Å². The molecule has 1 aliphatic rings. The largest absolute Gasteiger partial charge is 0.490 e.